The lowest BCUT2D eigenvalue weighted by Gasteiger charge is -2.53. The molecule has 34 heavy (non-hydrogen) atoms. The number of alkyl halides is 3. The van der Waals surface area contributed by atoms with Crippen molar-refractivity contribution in [2.75, 3.05) is 23.7 Å². The van der Waals surface area contributed by atoms with Gasteiger partial charge in [0.15, 0.2) is 11.5 Å². The largest absolute Gasteiger partial charge is 0.434 e. The fourth-order valence-corrected chi connectivity index (χ4v) is 6.16. The molecule has 1 spiro atoms. The fourth-order valence-electron chi connectivity index (χ4n) is 4.35. The topological polar surface area (TPSA) is 97.0 Å². The molecule has 2 aromatic heterocycles. The van der Waals surface area contributed by atoms with E-state index in [1.165, 1.54) is 18.6 Å². The van der Waals surface area contributed by atoms with E-state index < -0.39 is 22.9 Å². The molecule has 0 bridgehead atoms. The quantitative estimate of drug-likeness (QED) is 0.610. The van der Waals surface area contributed by atoms with Crippen LogP contribution in [-0.4, -0.2) is 43.0 Å². The van der Waals surface area contributed by atoms with Gasteiger partial charge in [0.1, 0.15) is 10.8 Å². The van der Waals surface area contributed by atoms with Gasteiger partial charge in [0.25, 0.3) is 0 Å². The molecule has 1 aliphatic heterocycles. The minimum Gasteiger partial charge on any atom is -0.381 e. The van der Waals surface area contributed by atoms with Crippen molar-refractivity contribution in [1.82, 2.24) is 19.7 Å². The average Bonchev–Trinajstić information content (AvgIpc) is 2.73. The normalized spacial score (nSPS) is 21.4. The highest BCUT2D eigenvalue weighted by atomic mass is 32.2. The average molecular weight is 515 g/mol. The molecule has 2 aromatic rings. The van der Waals surface area contributed by atoms with Crippen LogP contribution in [0.25, 0.3) is 0 Å². The molecule has 0 radical (unpaired) electrons. The zero-order valence-corrected chi connectivity index (χ0v) is 21.0. The molecular weight excluding hydrogens is 485 g/mol. The Bertz CT molecular complexity index is 1070. The number of anilines is 2. The summed E-state index contributed by atoms with van der Waals surface area (Å²) in [5.74, 6) is 0.623. The Hall–Kier alpha value is -1.92. The lowest BCUT2D eigenvalue weighted by atomic mass is 9.61. The molecule has 12 heteroatoms. The van der Waals surface area contributed by atoms with Crippen molar-refractivity contribution in [3.05, 3.63) is 30.2 Å². The van der Waals surface area contributed by atoms with Gasteiger partial charge >= 0.3 is 6.18 Å². The summed E-state index contributed by atoms with van der Waals surface area (Å²) in [4.78, 5) is 14.2. The maximum atomic E-state index is 13.3. The van der Waals surface area contributed by atoms with Crippen LogP contribution in [0.5, 0.6) is 0 Å². The second kappa shape index (κ2) is 9.27. The molecule has 1 saturated heterocycles. The van der Waals surface area contributed by atoms with E-state index in [9.17, 15) is 17.4 Å². The predicted molar refractivity (Wildman–Crippen MR) is 128 cm³/mol. The van der Waals surface area contributed by atoms with Crippen LogP contribution in [0.3, 0.4) is 0 Å². The number of hydrogen-bond acceptors (Lipinski definition) is 7. The Kier molecular flexibility index (Phi) is 6.87. The highest BCUT2D eigenvalue weighted by Gasteiger charge is 2.48. The summed E-state index contributed by atoms with van der Waals surface area (Å²) >= 11 is 0.795. The molecule has 2 unspecified atom stereocenters. The van der Waals surface area contributed by atoms with Gasteiger partial charge in [-0.2, -0.15) is 13.2 Å². The first-order valence-corrected chi connectivity index (χ1v) is 13.1. The molecule has 3 N–H and O–H groups in total. The van der Waals surface area contributed by atoms with Crippen molar-refractivity contribution in [2.45, 2.75) is 73.3 Å². The third-order valence-corrected chi connectivity index (χ3v) is 9.17. The molecule has 1 aliphatic carbocycles. The highest BCUT2D eigenvalue weighted by Crippen LogP contribution is 2.49. The first-order valence-electron chi connectivity index (χ1n) is 11.1. The number of nitrogens with one attached hydrogen (secondary N) is 1. The number of nitrogens with two attached hydrogens (primary N) is 1. The van der Waals surface area contributed by atoms with Crippen LogP contribution >= 0.6 is 11.8 Å². The van der Waals surface area contributed by atoms with Crippen molar-refractivity contribution in [3.63, 3.8) is 0 Å². The number of pyridine rings is 1. The number of halogens is 3. The number of nitrogen functional groups attached to an aromatic ring is 1. The first kappa shape index (κ1) is 25.2. The van der Waals surface area contributed by atoms with Gasteiger partial charge in [0.2, 0.25) is 0 Å². The summed E-state index contributed by atoms with van der Waals surface area (Å²) < 4.78 is 55.6. The minimum absolute atomic E-state index is 0.0388. The van der Waals surface area contributed by atoms with Crippen LogP contribution in [0.15, 0.2) is 34.4 Å². The van der Waals surface area contributed by atoms with Crippen molar-refractivity contribution < 1.29 is 17.4 Å². The Balaban J connectivity index is 1.52. The Labute approximate surface area is 204 Å². The molecular formula is C22H29F3N6OS2. The molecule has 3 heterocycles. The van der Waals surface area contributed by atoms with Gasteiger partial charge in [-0.05, 0) is 57.6 Å². The number of aromatic nitrogens is 3. The van der Waals surface area contributed by atoms with Crippen molar-refractivity contribution in [2.24, 2.45) is 5.41 Å². The van der Waals surface area contributed by atoms with Gasteiger partial charge in [0, 0.05) is 30.2 Å². The van der Waals surface area contributed by atoms with Gasteiger partial charge < -0.3 is 10.6 Å². The van der Waals surface area contributed by atoms with Crippen LogP contribution in [0.2, 0.25) is 0 Å². The van der Waals surface area contributed by atoms with E-state index in [1.54, 1.807) is 6.20 Å². The monoisotopic (exact) mass is 514 g/mol. The van der Waals surface area contributed by atoms with Gasteiger partial charge in [0.05, 0.1) is 21.9 Å². The summed E-state index contributed by atoms with van der Waals surface area (Å²) in [5, 5.41) is 0.193. The maximum absolute atomic E-state index is 13.3. The van der Waals surface area contributed by atoms with Crippen LogP contribution < -0.4 is 15.4 Å². The van der Waals surface area contributed by atoms with E-state index in [0.717, 1.165) is 43.8 Å². The van der Waals surface area contributed by atoms with Gasteiger partial charge in [-0.15, -0.1) is 0 Å². The van der Waals surface area contributed by atoms with E-state index in [1.807, 2.05) is 20.8 Å². The Morgan fingerprint density at radius 1 is 1.24 bits per heavy atom. The molecule has 7 nitrogen and oxygen atoms in total. The molecule has 2 aliphatic rings. The first-order chi connectivity index (χ1) is 15.9. The van der Waals surface area contributed by atoms with Gasteiger partial charge in [-0.25, -0.2) is 18.9 Å². The smallest absolute Gasteiger partial charge is 0.381 e. The molecule has 1 saturated carbocycles. The number of rotatable bonds is 5. The number of piperidine rings is 1. The molecule has 186 valence electrons. The summed E-state index contributed by atoms with van der Waals surface area (Å²) in [6, 6.07) is 2.81. The van der Waals surface area contributed by atoms with E-state index in [2.05, 4.69) is 24.6 Å². The summed E-state index contributed by atoms with van der Waals surface area (Å²) in [7, 11) is -1.20. The number of hydrogen-bond donors (Lipinski definition) is 2. The van der Waals surface area contributed by atoms with E-state index in [-0.39, 0.29) is 31.9 Å². The van der Waals surface area contributed by atoms with E-state index in [0.29, 0.717) is 12.4 Å². The summed E-state index contributed by atoms with van der Waals surface area (Å²) in [5.41, 5.74) is 5.27. The van der Waals surface area contributed by atoms with Crippen molar-refractivity contribution >= 4 is 34.4 Å². The predicted octanol–water partition coefficient (Wildman–Crippen LogP) is 4.42. The molecule has 0 aromatic carbocycles. The van der Waals surface area contributed by atoms with Crippen LogP contribution in [-0.2, 0) is 17.2 Å². The summed E-state index contributed by atoms with van der Waals surface area (Å²) in [6.07, 6.45) is 2.40. The zero-order chi connectivity index (χ0) is 24.7. The highest BCUT2D eigenvalue weighted by molar-refractivity contribution is 7.99. The molecule has 2 atom stereocenters. The SMILES string of the molecule is CC(C)(C)S(=O)NC1CN(c2cnc(Sc3cccnc3C(F)(F)F)c(N)n2)CCC12CCC2. The third kappa shape index (κ3) is 5.18. The van der Waals surface area contributed by atoms with Crippen LogP contribution in [0.4, 0.5) is 24.8 Å². The second-order valence-electron chi connectivity index (χ2n) is 9.83. The lowest BCUT2D eigenvalue weighted by Crippen LogP contribution is -2.61. The second-order valence-corrected chi connectivity index (χ2v) is 12.9. The molecule has 4 rings (SSSR count). The standard InChI is InChI=1S/C22H29F3N6OS2/c1-20(2,3)34(32)30-15-13-31(11-9-21(15)7-5-8-21)16-12-28-19(18(26)29-16)33-14-6-4-10-27-17(14)22(23,24)25/h4,6,10,12,15,30H,5,7-9,11,13H2,1-3H3,(H2,26,29). The Morgan fingerprint density at radius 2 is 1.97 bits per heavy atom. The minimum atomic E-state index is -4.58. The van der Waals surface area contributed by atoms with Crippen LogP contribution in [0.1, 0.15) is 52.1 Å². The lowest BCUT2D eigenvalue weighted by molar-refractivity contribution is -0.143. The summed E-state index contributed by atoms with van der Waals surface area (Å²) in [6.45, 7) is 7.21. The van der Waals surface area contributed by atoms with Crippen molar-refractivity contribution in [1.29, 1.82) is 0 Å². The van der Waals surface area contributed by atoms with E-state index >= 15 is 0 Å². The maximum Gasteiger partial charge on any atom is 0.434 e. The molecule has 0 amide bonds. The third-order valence-electron chi connectivity index (χ3n) is 6.50. The Morgan fingerprint density at radius 3 is 2.56 bits per heavy atom. The van der Waals surface area contributed by atoms with Crippen molar-refractivity contribution in [3.8, 4) is 0 Å². The van der Waals surface area contributed by atoms with Gasteiger partial charge in [-0.3, -0.25) is 4.98 Å². The fraction of sp³-hybridized carbons (Fsp3) is 0.591. The van der Waals surface area contributed by atoms with E-state index in [4.69, 9.17) is 5.73 Å². The molecule has 2 fully saturated rings. The number of nitrogens with zero attached hydrogens (tertiary/aromatic N) is 4. The zero-order valence-electron chi connectivity index (χ0n) is 19.4. The van der Waals surface area contributed by atoms with Crippen LogP contribution in [0, 0.1) is 5.41 Å². The van der Waals surface area contributed by atoms with Gasteiger partial charge in [-0.1, -0.05) is 18.2 Å².